The molecule has 0 aliphatic heterocycles. The van der Waals surface area contributed by atoms with Crippen LogP contribution in [-0.4, -0.2) is 31.1 Å². The first-order chi connectivity index (χ1) is 9.91. The van der Waals surface area contributed by atoms with Gasteiger partial charge in [-0.3, -0.25) is 4.68 Å². The minimum atomic E-state index is -0.00313. The SMILES string of the molecule is CCCNC(Cc1cn(C)nn1)c1snnc1C(C)(C)C. The number of aromatic nitrogens is 5. The summed E-state index contributed by atoms with van der Waals surface area (Å²) in [6.07, 6.45) is 3.86. The predicted octanol–water partition coefficient (Wildman–Crippen LogP) is 2.25. The number of nitrogens with one attached hydrogen (secondary N) is 1. The molecular formula is C14H24N6S. The van der Waals surface area contributed by atoms with Crippen molar-refractivity contribution in [3.05, 3.63) is 22.5 Å². The molecule has 0 aliphatic carbocycles. The van der Waals surface area contributed by atoms with E-state index in [1.165, 1.54) is 16.4 Å². The average Bonchev–Trinajstić information content (AvgIpc) is 3.02. The van der Waals surface area contributed by atoms with Crippen LogP contribution in [0.25, 0.3) is 0 Å². The molecule has 21 heavy (non-hydrogen) atoms. The highest BCUT2D eigenvalue weighted by atomic mass is 32.1. The van der Waals surface area contributed by atoms with Gasteiger partial charge < -0.3 is 5.32 Å². The van der Waals surface area contributed by atoms with Gasteiger partial charge in [0.15, 0.2) is 0 Å². The number of aryl methyl sites for hydroxylation is 1. The van der Waals surface area contributed by atoms with Crippen LogP contribution in [0.2, 0.25) is 0 Å². The van der Waals surface area contributed by atoms with Gasteiger partial charge in [0.1, 0.15) is 0 Å². The number of hydrogen-bond acceptors (Lipinski definition) is 6. The smallest absolute Gasteiger partial charge is 0.0857 e. The molecule has 0 bridgehead atoms. The zero-order valence-electron chi connectivity index (χ0n) is 13.4. The predicted molar refractivity (Wildman–Crippen MR) is 84.4 cm³/mol. The molecule has 2 aromatic heterocycles. The fourth-order valence-electron chi connectivity index (χ4n) is 2.22. The summed E-state index contributed by atoms with van der Waals surface area (Å²) in [5.41, 5.74) is 2.06. The molecule has 2 aromatic rings. The van der Waals surface area contributed by atoms with E-state index in [0.717, 1.165) is 30.8 Å². The largest absolute Gasteiger partial charge is 0.309 e. The Balaban J connectivity index is 2.25. The van der Waals surface area contributed by atoms with Crippen LogP contribution >= 0.6 is 11.5 Å². The summed E-state index contributed by atoms with van der Waals surface area (Å²) >= 11 is 1.48. The highest BCUT2D eigenvalue weighted by molar-refractivity contribution is 7.05. The number of hydrogen-bond donors (Lipinski definition) is 1. The first kappa shape index (κ1) is 16.0. The second-order valence-corrected chi connectivity index (χ2v) is 7.12. The van der Waals surface area contributed by atoms with Crippen molar-refractivity contribution in [2.75, 3.05) is 6.54 Å². The molecule has 0 saturated carbocycles. The molecule has 116 valence electrons. The van der Waals surface area contributed by atoms with Crippen LogP contribution in [0.4, 0.5) is 0 Å². The van der Waals surface area contributed by atoms with E-state index in [1.807, 2.05) is 13.2 Å². The standard InChI is InChI=1S/C14H24N6S/c1-6-7-15-11(8-10-9-20(5)18-16-10)12-13(14(2,3)4)17-19-21-12/h9,11,15H,6-8H2,1-5H3. The average molecular weight is 308 g/mol. The quantitative estimate of drug-likeness (QED) is 0.886. The molecule has 0 amide bonds. The van der Waals surface area contributed by atoms with Gasteiger partial charge >= 0.3 is 0 Å². The lowest BCUT2D eigenvalue weighted by Gasteiger charge is -2.22. The molecule has 0 aliphatic rings. The molecule has 2 heterocycles. The molecule has 0 saturated heterocycles. The Hall–Kier alpha value is -1.34. The van der Waals surface area contributed by atoms with E-state index >= 15 is 0 Å². The Morgan fingerprint density at radius 2 is 2.10 bits per heavy atom. The highest BCUT2D eigenvalue weighted by Crippen LogP contribution is 2.31. The van der Waals surface area contributed by atoms with E-state index in [0.29, 0.717) is 0 Å². The van der Waals surface area contributed by atoms with Gasteiger partial charge in [-0.25, -0.2) is 0 Å². The van der Waals surface area contributed by atoms with Crippen LogP contribution in [0.3, 0.4) is 0 Å². The summed E-state index contributed by atoms with van der Waals surface area (Å²) < 4.78 is 5.91. The zero-order chi connectivity index (χ0) is 15.5. The molecular weight excluding hydrogens is 284 g/mol. The van der Waals surface area contributed by atoms with Crippen molar-refractivity contribution >= 4 is 11.5 Å². The summed E-state index contributed by atoms with van der Waals surface area (Å²) in [7, 11) is 1.89. The molecule has 0 radical (unpaired) electrons. The maximum atomic E-state index is 4.35. The third-order valence-electron chi connectivity index (χ3n) is 3.24. The van der Waals surface area contributed by atoms with Gasteiger partial charge in [-0.15, -0.1) is 10.2 Å². The van der Waals surface area contributed by atoms with Gasteiger partial charge in [0.05, 0.1) is 22.3 Å². The first-order valence-corrected chi connectivity index (χ1v) is 8.10. The molecule has 1 unspecified atom stereocenters. The van der Waals surface area contributed by atoms with Crippen LogP contribution in [0, 0.1) is 0 Å². The van der Waals surface area contributed by atoms with Crippen molar-refractivity contribution in [2.45, 2.75) is 52.0 Å². The summed E-state index contributed by atoms with van der Waals surface area (Å²) in [5, 5.41) is 16.2. The van der Waals surface area contributed by atoms with E-state index < -0.39 is 0 Å². The van der Waals surface area contributed by atoms with Crippen molar-refractivity contribution < 1.29 is 0 Å². The van der Waals surface area contributed by atoms with Gasteiger partial charge in [-0.2, -0.15) is 0 Å². The normalized spacial score (nSPS) is 13.6. The summed E-state index contributed by atoms with van der Waals surface area (Å²) in [6.45, 7) is 9.65. The van der Waals surface area contributed by atoms with Crippen molar-refractivity contribution in [3.8, 4) is 0 Å². The topological polar surface area (TPSA) is 68.5 Å². The second-order valence-electron chi connectivity index (χ2n) is 6.33. The Morgan fingerprint density at radius 1 is 1.33 bits per heavy atom. The summed E-state index contributed by atoms with van der Waals surface area (Å²) in [6, 6.07) is 0.191. The molecule has 0 spiro atoms. The van der Waals surface area contributed by atoms with Gasteiger partial charge in [0.2, 0.25) is 0 Å². The van der Waals surface area contributed by atoms with Crippen molar-refractivity contribution in [2.24, 2.45) is 7.05 Å². The molecule has 6 nitrogen and oxygen atoms in total. The number of nitrogens with zero attached hydrogens (tertiary/aromatic N) is 5. The molecule has 0 aromatic carbocycles. The highest BCUT2D eigenvalue weighted by Gasteiger charge is 2.27. The molecule has 0 fully saturated rings. The Bertz CT molecular complexity index is 568. The second kappa shape index (κ2) is 6.62. The Labute approximate surface area is 130 Å². The Morgan fingerprint density at radius 3 is 2.67 bits per heavy atom. The van der Waals surface area contributed by atoms with Gasteiger partial charge in [0.25, 0.3) is 0 Å². The lowest BCUT2D eigenvalue weighted by atomic mass is 9.89. The molecule has 2 rings (SSSR count). The molecule has 7 heteroatoms. The summed E-state index contributed by atoms with van der Waals surface area (Å²) in [5.74, 6) is 0. The zero-order valence-corrected chi connectivity index (χ0v) is 14.2. The maximum Gasteiger partial charge on any atom is 0.0857 e. The third-order valence-corrected chi connectivity index (χ3v) is 4.08. The fourth-order valence-corrected chi connectivity index (χ4v) is 3.16. The monoisotopic (exact) mass is 308 g/mol. The maximum absolute atomic E-state index is 4.35. The van der Waals surface area contributed by atoms with E-state index in [9.17, 15) is 0 Å². The van der Waals surface area contributed by atoms with E-state index in [1.54, 1.807) is 4.68 Å². The first-order valence-electron chi connectivity index (χ1n) is 7.33. The Kier molecular flexibility index (Phi) is 5.05. The lowest BCUT2D eigenvalue weighted by Crippen LogP contribution is -2.26. The van der Waals surface area contributed by atoms with Gasteiger partial charge in [0, 0.05) is 25.1 Å². The van der Waals surface area contributed by atoms with Gasteiger partial charge in [-0.1, -0.05) is 37.4 Å². The van der Waals surface area contributed by atoms with Gasteiger partial charge in [-0.05, 0) is 24.5 Å². The molecule has 1 atom stereocenters. The van der Waals surface area contributed by atoms with E-state index in [2.05, 4.69) is 52.9 Å². The number of rotatable bonds is 6. The minimum absolute atomic E-state index is 0.00313. The fraction of sp³-hybridized carbons (Fsp3) is 0.714. The summed E-state index contributed by atoms with van der Waals surface area (Å²) in [4.78, 5) is 1.21. The van der Waals surface area contributed by atoms with Crippen LogP contribution in [-0.2, 0) is 18.9 Å². The van der Waals surface area contributed by atoms with Crippen LogP contribution < -0.4 is 5.32 Å². The van der Waals surface area contributed by atoms with Crippen molar-refractivity contribution in [1.82, 2.24) is 29.9 Å². The van der Waals surface area contributed by atoms with Crippen molar-refractivity contribution in [3.63, 3.8) is 0 Å². The van der Waals surface area contributed by atoms with Crippen LogP contribution in [0.15, 0.2) is 6.20 Å². The minimum Gasteiger partial charge on any atom is -0.309 e. The van der Waals surface area contributed by atoms with Crippen LogP contribution in [0.1, 0.15) is 56.4 Å². The van der Waals surface area contributed by atoms with Crippen LogP contribution in [0.5, 0.6) is 0 Å². The lowest BCUT2D eigenvalue weighted by molar-refractivity contribution is 0.501. The van der Waals surface area contributed by atoms with E-state index in [4.69, 9.17) is 0 Å². The van der Waals surface area contributed by atoms with E-state index in [-0.39, 0.29) is 11.5 Å². The van der Waals surface area contributed by atoms with Crippen molar-refractivity contribution in [1.29, 1.82) is 0 Å². The third kappa shape index (κ3) is 4.07. The molecule has 1 N–H and O–H groups in total.